The van der Waals surface area contributed by atoms with Crippen molar-refractivity contribution in [2.24, 2.45) is 0 Å². The summed E-state index contributed by atoms with van der Waals surface area (Å²) in [5, 5.41) is 0. The zero-order valence-corrected chi connectivity index (χ0v) is 18.3. The molecule has 0 radical (unpaired) electrons. The van der Waals surface area contributed by atoms with Gasteiger partial charge in [0.1, 0.15) is 6.79 Å². The lowest BCUT2D eigenvalue weighted by atomic mass is 10.1. The number of unbranched alkanes of at least 4 members (excludes halogenated alkanes) is 2. The highest BCUT2D eigenvalue weighted by atomic mass is 32.1. The summed E-state index contributed by atoms with van der Waals surface area (Å²) in [5.41, 5.74) is 4.59. The van der Waals surface area contributed by atoms with Crippen molar-refractivity contribution >= 4 is 18.1 Å². The Kier molecular flexibility index (Phi) is 11.6. The Morgan fingerprint density at radius 1 is 0.963 bits per heavy atom. The topological polar surface area (TPSA) is 20.3 Å². The fraction of sp³-hybridized carbons (Fsp3) is 0.458. The molecule has 1 aromatic heterocycles. The Labute approximate surface area is 169 Å². The van der Waals surface area contributed by atoms with E-state index >= 15 is 0 Å². The minimum Gasteiger partial charge on any atom is -0.307 e. The fourth-order valence-electron chi connectivity index (χ4n) is 3.21. The molecule has 1 aliphatic heterocycles. The Bertz CT molecular complexity index is 673. The van der Waals surface area contributed by atoms with E-state index in [9.17, 15) is 0 Å². The molecule has 0 spiro atoms. The van der Waals surface area contributed by atoms with Crippen molar-refractivity contribution in [3.8, 4) is 0 Å². The number of nitrogens with zero attached hydrogens (tertiary/aromatic N) is 1. The molecule has 148 valence electrons. The summed E-state index contributed by atoms with van der Waals surface area (Å²) < 4.78 is 0. The number of benzene rings is 1. The van der Waals surface area contributed by atoms with E-state index in [-0.39, 0.29) is 0 Å². The molecule has 2 aromatic rings. The van der Waals surface area contributed by atoms with Gasteiger partial charge in [0, 0.05) is 35.8 Å². The van der Waals surface area contributed by atoms with Crippen LogP contribution >= 0.6 is 11.3 Å². The van der Waals surface area contributed by atoms with Crippen molar-refractivity contribution in [2.45, 2.75) is 59.9 Å². The number of rotatable bonds is 6. The van der Waals surface area contributed by atoms with Crippen LogP contribution in [0.4, 0.5) is 0 Å². The van der Waals surface area contributed by atoms with E-state index < -0.39 is 0 Å². The van der Waals surface area contributed by atoms with Crippen LogP contribution in [0.2, 0.25) is 0 Å². The molecular weight excluding hydrogens is 350 g/mol. The molecule has 2 nitrogen and oxygen atoms in total. The van der Waals surface area contributed by atoms with Crippen LogP contribution in [-0.2, 0) is 17.8 Å². The maximum Gasteiger partial charge on any atom is 0.106 e. The number of aryl methyl sites for hydroxylation is 1. The van der Waals surface area contributed by atoms with Gasteiger partial charge in [-0.1, -0.05) is 74.6 Å². The number of hydrogen-bond donors (Lipinski definition) is 0. The van der Waals surface area contributed by atoms with Gasteiger partial charge in [-0.25, -0.2) is 0 Å². The summed E-state index contributed by atoms with van der Waals surface area (Å²) in [7, 11) is 0. The zero-order valence-electron chi connectivity index (χ0n) is 17.5. The molecule has 3 rings (SSSR count). The van der Waals surface area contributed by atoms with Crippen molar-refractivity contribution in [3.05, 3.63) is 68.9 Å². The smallest absolute Gasteiger partial charge is 0.106 e. The van der Waals surface area contributed by atoms with Crippen LogP contribution in [-0.4, -0.2) is 24.8 Å². The SMILES string of the molecule is C=O.CC1=C(Cc2ccc(C)s2)CN(Cc2ccccc2)C1.CCCCC. The molecule has 27 heavy (non-hydrogen) atoms. The van der Waals surface area contributed by atoms with Crippen LogP contribution in [0.3, 0.4) is 0 Å². The molecule has 0 N–H and O–H groups in total. The Morgan fingerprint density at radius 3 is 2.15 bits per heavy atom. The van der Waals surface area contributed by atoms with Crippen LogP contribution in [0, 0.1) is 6.92 Å². The standard InChI is InChI=1S/C18H21NS.C5H12.CH2O/c1-14-11-19(12-16-6-4-3-5-7-16)13-17(14)10-18-9-8-15(2)20-18;1-3-5-4-2;1-2/h3-9H,10-13H2,1-2H3;3-5H2,1-2H3;1H2. The molecule has 0 saturated heterocycles. The van der Waals surface area contributed by atoms with Crippen molar-refractivity contribution < 1.29 is 4.79 Å². The van der Waals surface area contributed by atoms with Gasteiger partial charge in [0.2, 0.25) is 0 Å². The normalized spacial score (nSPS) is 13.6. The lowest BCUT2D eigenvalue weighted by Crippen LogP contribution is -2.20. The minimum atomic E-state index is 1.06. The predicted octanol–water partition coefficient (Wildman–Crippen LogP) is 6.44. The van der Waals surface area contributed by atoms with Crippen LogP contribution in [0.5, 0.6) is 0 Å². The van der Waals surface area contributed by atoms with Crippen LogP contribution in [0.25, 0.3) is 0 Å². The Morgan fingerprint density at radius 2 is 1.63 bits per heavy atom. The van der Waals surface area contributed by atoms with Gasteiger partial charge in [0.15, 0.2) is 0 Å². The molecule has 0 aliphatic carbocycles. The molecule has 3 heteroatoms. The monoisotopic (exact) mass is 385 g/mol. The second kappa shape index (κ2) is 13.5. The number of thiophene rings is 1. The summed E-state index contributed by atoms with van der Waals surface area (Å²) >= 11 is 1.93. The van der Waals surface area contributed by atoms with Gasteiger partial charge in [-0.2, -0.15) is 0 Å². The summed E-state index contributed by atoms with van der Waals surface area (Å²) in [4.78, 5) is 13.5. The molecule has 0 saturated carbocycles. The van der Waals surface area contributed by atoms with Gasteiger partial charge in [0.05, 0.1) is 0 Å². The average Bonchev–Trinajstić information content (AvgIpc) is 3.24. The third-order valence-corrected chi connectivity index (χ3v) is 5.62. The van der Waals surface area contributed by atoms with E-state index in [1.807, 2.05) is 18.1 Å². The highest BCUT2D eigenvalue weighted by Gasteiger charge is 2.19. The lowest BCUT2D eigenvalue weighted by molar-refractivity contribution is -0.0979. The van der Waals surface area contributed by atoms with Crippen molar-refractivity contribution in [2.75, 3.05) is 13.1 Å². The molecule has 0 fully saturated rings. The van der Waals surface area contributed by atoms with E-state index in [4.69, 9.17) is 4.79 Å². The quantitative estimate of drug-likeness (QED) is 0.533. The number of carbonyl (C=O) groups excluding carboxylic acids is 1. The van der Waals surface area contributed by atoms with Gasteiger partial charge in [-0.15, -0.1) is 11.3 Å². The third-order valence-electron chi connectivity index (χ3n) is 4.62. The van der Waals surface area contributed by atoms with E-state index in [0.717, 1.165) is 26.1 Å². The van der Waals surface area contributed by atoms with Crippen molar-refractivity contribution in [1.29, 1.82) is 0 Å². The highest BCUT2D eigenvalue weighted by molar-refractivity contribution is 7.11. The molecule has 1 aliphatic rings. The van der Waals surface area contributed by atoms with E-state index in [1.165, 1.54) is 34.6 Å². The van der Waals surface area contributed by atoms with Crippen molar-refractivity contribution in [3.63, 3.8) is 0 Å². The Balaban J connectivity index is 0.000000454. The minimum absolute atomic E-state index is 1.06. The van der Waals surface area contributed by atoms with Gasteiger partial charge in [-0.3, -0.25) is 4.90 Å². The largest absolute Gasteiger partial charge is 0.307 e. The molecule has 0 atom stereocenters. The summed E-state index contributed by atoms with van der Waals surface area (Å²) in [6.07, 6.45) is 5.21. The highest BCUT2D eigenvalue weighted by Crippen LogP contribution is 2.25. The third kappa shape index (κ3) is 8.68. The van der Waals surface area contributed by atoms with Gasteiger partial charge in [0.25, 0.3) is 0 Å². The molecule has 2 heterocycles. The average molecular weight is 386 g/mol. The summed E-state index contributed by atoms with van der Waals surface area (Å²) in [6, 6.07) is 15.3. The lowest BCUT2D eigenvalue weighted by Gasteiger charge is -2.16. The van der Waals surface area contributed by atoms with E-state index in [0.29, 0.717) is 0 Å². The van der Waals surface area contributed by atoms with Crippen LogP contribution in [0.1, 0.15) is 55.4 Å². The molecule has 0 unspecified atom stereocenters. The number of carbonyl (C=O) groups is 1. The maximum atomic E-state index is 8.00. The first-order valence-corrected chi connectivity index (χ1v) is 10.7. The van der Waals surface area contributed by atoms with Gasteiger partial charge < -0.3 is 4.79 Å². The first kappa shape index (κ1) is 23.3. The van der Waals surface area contributed by atoms with Crippen LogP contribution < -0.4 is 0 Å². The maximum absolute atomic E-state index is 8.00. The molecule has 0 amide bonds. The molecule has 0 bridgehead atoms. The van der Waals surface area contributed by atoms with E-state index in [2.05, 4.69) is 75.1 Å². The summed E-state index contributed by atoms with van der Waals surface area (Å²) in [6.45, 7) is 14.2. The predicted molar refractivity (Wildman–Crippen MR) is 119 cm³/mol. The summed E-state index contributed by atoms with van der Waals surface area (Å²) in [5.74, 6) is 0. The number of hydrogen-bond acceptors (Lipinski definition) is 3. The van der Waals surface area contributed by atoms with Crippen LogP contribution in [0.15, 0.2) is 53.6 Å². The first-order valence-electron chi connectivity index (χ1n) is 9.90. The molecular formula is C24H35NOS. The molecule has 1 aromatic carbocycles. The van der Waals surface area contributed by atoms with Gasteiger partial charge in [-0.05, 0) is 31.5 Å². The fourth-order valence-corrected chi connectivity index (χ4v) is 4.14. The van der Waals surface area contributed by atoms with E-state index in [1.54, 1.807) is 11.1 Å². The first-order chi connectivity index (χ1) is 13.1. The second-order valence-corrected chi connectivity index (χ2v) is 8.43. The Hall–Kier alpha value is -1.71. The second-order valence-electron chi connectivity index (χ2n) is 7.06. The van der Waals surface area contributed by atoms with Crippen molar-refractivity contribution in [1.82, 2.24) is 4.90 Å². The zero-order chi connectivity index (χ0) is 20.1. The van der Waals surface area contributed by atoms with Gasteiger partial charge >= 0.3 is 0 Å².